The van der Waals surface area contributed by atoms with Crippen LogP contribution in [-0.4, -0.2) is 80.8 Å². The second kappa shape index (κ2) is 9.32. The lowest BCUT2D eigenvalue weighted by Gasteiger charge is -2.30. The number of quaternary nitrogens is 1. The zero-order valence-corrected chi connectivity index (χ0v) is 17.7. The van der Waals surface area contributed by atoms with Gasteiger partial charge in [-0.1, -0.05) is 6.07 Å². The first-order valence-electron chi connectivity index (χ1n) is 9.49. The number of carbonyl (C=O) groups excluding carboxylic acids is 3. The minimum absolute atomic E-state index is 0.0135. The molecule has 3 rings (SSSR count). The third-order valence-electron chi connectivity index (χ3n) is 5.10. The highest BCUT2D eigenvalue weighted by Crippen LogP contribution is 2.34. The summed E-state index contributed by atoms with van der Waals surface area (Å²) < 4.78 is 10.5. The normalized spacial score (nSPS) is 19.2. The van der Waals surface area contributed by atoms with E-state index in [1.54, 1.807) is 31.4 Å². The van der Waals surface area contributed by atoms with Crippen LogP contribution >= 0.6 is 11.8 Å². The third-order valence-corrected chi connectivity index (χ3v) is 6.01. The summed E-state index contributed by atoms with van der Waals surface area (Å²) in [4.78, 5) is 42.0. The van der Waals surface area contributed by atoms with Crippen LogP contribution in [0.1, 0.15) is 12.0 Å². The zero-order valence-electron chi connectivity index (χ0n) is 16.9. The van der Waals surface area contributed by atoms with Gasteiger partial charge in [0.2, 0.25) is 5.91 Å². The van der Waals surface area contributed by atoms with Crippen molar-refractivity contribution in [2.24, 2.45) is 0 Å². The van der Waals surface area contributed by atoms with Crippen LogP contribution in [0.25, 0.3) is 6.08 Å². The molecular formula is C20H26N3O5S+. The van der Waals surface area contributed by atoms with E-state index in [2.05, 4.69) is 7.05 Å². The summed E-state index contributed by atoms with van der Waals surface area (Å²) in [5.74, 6) is 0.743. The van der Waals surface area contributed by atoms with Gasteiger partial charge >= 0.3 is 0 Å². The molecule has 1 aromatic rings. The lowest BCUT2D eigenvalue weighted by Crippen LogP contribution is -3.12. The number of piperazine rings is 1. The number of imide groups is 1. The molecule has 2 aliphatic rings. The molecule has 2 fully saturated rings. The number of hydrogen-bond donors (Lipinski definition) is 1. The molecule has 2 saturated heterocycles. The molecule has 0 spiro atoms. The quantitative estimate of drug-likeness (QED) is 0.675. The van der Waals surface area contributed by atoms with Crippen molar-refractivity contribution in [1.82, 2.24) is 9.80 Å². The van der Waals surface area contributed by atoms with Crippen LogP contribution in [-0.2, 0) is 9.59 Å². The van der Waals surface area contributed by atoms with Crippen molar-refractivity contribution < 1.29 is 28.8 Å². The fourth-order valence-electron chi connectivity index (χ4n) is 3.29. The fraction of sp³-hybridized carbons (Fsp3) is 0.450. The average molecular weight is 421 g/mol. The van der Waals surface area contributed by atoms with Gasteiger partial charge in [0.25, 0.3) is 11.1 Å². The molecule has 1 N–H and O–H groups in total. The standard InChI is InChI=1S/C20H25N3O5S/c1-21-8-10-22(11-9-21)18(24)6-7-23-19(25)17(29-20(23)26)13-14-4-5-15(27-2)16(12-14)28-3/h4-5,12-13H,6-11H2,1-3H3/p+1. The summed E-state index contributed by atoms with van der Waals surface area (Å²) in [6.45, 7) is 3.37. The molecule has 1 aromatic carbocycles. The molecule has 3 amide bonds. The van der Waals surface area contributed by atoms with E-state index in [0.717, 1.165) is 35.3 Å². The van der Waals surface area contributed by atoms with Crippen LogP contribution in [0.2, 0.25) is 0 Å². The molecule has 29 heavy (non-hydrogen) atoms. The number of amides is 3. The Morgan fingerprint density at radius 1 is 1.17 bits per heavy atom. The Bertz CT molecular complexity index is 833. The first kappa shape index (κ1) is 21.2. The number of ether oxygens (including phenoxy) is 2. The second-order valence-corrected chi connectivity index (χ2v) is 8.03. The predicted octanol–water partition coefficient (Wildman–Crippen LogP) is 0.487. The van der Waals surface area contributed by atoms with Gasteiger partial charge in [-0.25, -0.2) is 0 Å². The van der Waals surface area contributed by atoms with Crippen molar-refractivity contribution in [1.29, 1.82) is 0 Å². The van der Waals surface area contributed by atoms with Gasteiger partial charge in [0.1, 0.15) is 0 Å². The number of rotatable bonds is 6. The molecule has 0 unspecified atom stereocenters. The summed E-state index contributed by atoms with van der Waals surface area (Å²) in [5, 5.41) is -0.350. The van der Waals surface area contributed by atoms with Gasteiger partial charge < -0.3 is 19.3 Å². The van der Waals surface area contributed by atoms with Gasteiger partial charge in [0.15, 0.2) is 11.5 Å². The third kappa shape index (κ3) is 4.91. The van der Waals surface area contributed by atoms with E-state index >= 15 is 0 Å². The molecule has 2 aliphatic heterocycles. The largest absolute Gasteiger partial charge is 0.493 e. The smallest absolute Gasteiger partial charge is 0.293 e. The average Bonchev–Trinajstić information content (AvgIpc) is 2.99. The van der Waals surface area contributed by atoms with Crippen molar-refractivity contribution in [2.45, 2.75) is 6.42 Å². The zero-order chi connectivity index (χ0) is 21.0. The maximum atomic E-state index is 12.7. The van der Waals surface area contributed by atoms with Gasteiger partial charge in [0, 0.05) is 13.0 Å². The summed E-state index contributed by atoms with van der Waals surface area (Å²) in [6.07, 6.45) is 1.80. The van der Waals surface area contributed by atoms with E-state index in [-0.39, 0.29) is 30.0 Å². The van der Waals surface area contributed by atoms with E-state index in [9.17, 15) is 14.4 Å². The van der Waals surface area contributed by atoms with E-state index in [1.807, 2.05) is 4.90 Å². The molecule has 0 saturated carbocycles. The van der Waals surface area contributed by atoms with Gasteiger partial charge in [-0.15, -0.1) is 0 Å². The molecule has 0 aromatic heterocycles. The molecule has 0 aliphatic carbocycles. The van der Waals surface area contributed by atoms with Crippen LogP contribution in [0.5, 0.6) is 11.5 Å². The molecule has 2 heterocycles. The highest BCUT2D eigenvalue weighted by atomic mass is 32.2. The van der Waals surface area contributed by atoms with Gasteiger partial charge in [-0.3, -0.25) is 19.3 Å². The molecule has 0 atom stereocenters. The molecular weight excluding hydrogens is 394 g/mol. The fourth-order valence-corrected chi connectivity index (χ4v) is 4.16. The number of benzene rings is 1. The summed E-state index contributed by atoms with van der Waals surface area (Å²) in [7, 11) is 5.19. The Morgan fingerprint density at radius 2 is 1.86 bits per heavy atom. The number of nitrogens with zero attached hydrogens (tertiary/aromatic N) is 2. The molecule has 0 radical (unpaired) electrons. The molecule has 9 heteroatoms. The Labute approximate surface area is 174 Å². The van der Waals surface area contributed by atoms with Gasteiger partial charge in [-0.2, -0.15) is 0 Å². The van der Waals surface area contributed by atoms with E-state index in [0.29, 0.717) is 29.5 Å². The van der Waals surface area contributed by atoms with E-state index in [4.69, 9.17) is 9.47 Å². The summed E-state index contributed by atoms with van der Waals surface area (Å²) in [5.41, 5.74) is 0.726. The van der Waals surface area contributed by atoms with Crippen LogP contribution < -0.4 is 14.4 Å². The van der Waals surface area contributed by atoms with Crippen LogP contribution in [0.3, 0.4) is 0 Å². The van der Waals surface area contributed by atoms with Crippen molar-refractivity contribution in [3.8, 4) is 11.5 Å². The molecule has 8 nitrogen and oxygen atoms in total. The minimum atomic E-state index is -0.370. The maximum Gasteiger partial charge on any atom is 0.293 e. The Morgan fingerprint density at radius 3 is 2.52 bits per heavy atom. The lowest BCUT2D eigenvalue weighted by atomic mass is 10.2. The van der Waals surface area contributed by atoms with Crippen LogP contribution in [0, 0.1) is 0 Å². The maximum absolute atomic E-state index is 12.7. The number of thioether (sulfide) groups is 1. The number of likely N-dealkylation sites (N-methyl/N-ethyl adjacent to an activating group) is 1. The van der Waals surface area contributed by atoms with Crippen molar-refractivity contribution >= 4 is 34.9 Å². The molecule has 156 valence electrons. The van der Waals surface area contributed by atoms with Crippen molar-refractivity contribution in [3.63, 3.8) is 0 Å². The SMILES string of the molecule is COc1ccc(C=C2SC(=O)N(CCC(=O)N3CC[NH+](C)CC3)C2=O)cc1OC. The summed E-state index contributed by atoms with van der Waals surface area (Å²) in [6, 6.07) is 5.27. The van der Waals surface area contributed by atoms with E-state index < -0.39 is 0 Å². The topological polar surface area (TPSA) is 80.6 Å². The van der Waals surface area contributed by atoms with Crippen LogP contribution in [0.4, 0.5) is 4.79 Å². The van der Waals surface area contributed by atoms with Crippen molar-refractivity contribution in [3.05, 3.63) is 28.7 Å². The Kier molecular flexibility index (Phi) is 6.81. The van der Waals surface area contributed by atoms with Crippen molar-refractivity contribution in [2.75, 3.05) is 54.0 Å². The monoisotopic (exact) mass is 420 g/mol. The van der Waals surface area contributed by atoms with E-state index in [1.165, 1.54) is 12.0 Å². The number of hydrogen-bond acceptors (Lipinski definition) is 6. The van der Waals surface area contributed by atoms with Crippen LogP contribution in [0.15, 0.2) is 23.1 Å². The minimum Gasteiger partial charge on any atom is -0.493 e. The second-order valence-electron chi connectivity index (χ2n) is 7.04. The van der Waals surface area contributed by atoms with Gasteiger partial charge in [-0.05, 0) is 35.5 Å². The first-order valence-corrected chi connectivity index (χ1v) is 10.3. The highest BCUT2D eigenvalue weighted by molar-refractivity contribution is 8.18. The van der Waals surface area contributed by atoms with Gasteiger partial charge in [0.05, 0.1) is 52.4 Å². The number of nitrogens with one attached hydrogen (secondary N) is 1. The first-order chi connectivity index (χ1) is 13.9. The predicted molar refractivity (Wildman–Crippen MR) is 110 cm³/mol. The Balaban J connectivity index is 1.63. The molecule has 0 bridgehead atoms. The number of carbonyl (C=O) groups is 3. The lowest BCUT2D eigenvalue weighted by molar-refractivity contribution is -0.883. The summed E-state index contributed by atoms with van der Waals surface area (Å²) >= 11 is 0.886. The Hall–Kier alpha value is -2.52. The number of methoxy groups -OCH3 is 2. The highest BCUT2D eigenvalue weighted by Gasteiger charge is 2.35.